The molecule has 98 valence electrons. The fourth-order valence-corrected chi connectivity index (χ4v) is 3.00. The fourth-order valence-electron chi connectivity index (χ4n) is 3.00. The molecule has 4 nitrogen and oxygen atoms in total. The zero-order valence-electron chi connectivity index (χ0n) is 10.6. The predicted octanol–water partition coefficient (Wildman–Crippen LogP) is 1.14. The summed E-state index contributed by atoms with van der Waals surface area (Å²) in [6, 6.07) is -0.202. The lowest BCUT2D eigenvalue weighted by Gasteiger charge is -2.35. The van der Waals surface area contributed by atoms with Gasteiger partial charge in [-0.3, -0.25) is 9.69 Å². The number of carbonyl (C=O) groups excluding carboxylic acids is 1. The van der Waals surface area contributed by atoms with Crippen LogP contribution < -0.4 is 5.73 Å². The van der Waals surface area contributed by atoms with Gasteiger partial charge in [0, 0.05) is 13.1 Å². The fraction of sp³-hybridized carbons (Fsp3) is 0.923. The molecular formula is C13H24N2O2. The van der Waals surface area contributed by atoms with E-state index in [4.69, 9.17) is 10.5 Å². The molecule has 1 atom stereocenters. The highest BCUT2D eigenvalue weighted by molar-refractivity contribution is 5.80. The van der Waals surface area contributed by atoms with Gasteiger partial charge < -0.3 is 10.5 Å². The Morgan fingerprint density at radius 2 is 1.94 bits per heavy atom. The maximum atomic E-state index is 11.4. The van der Waals surface area contributed by atoms with E-state index in [1.165, 1.54) is 38.5 Å². The second kappa shape index (κ2) is 6.36. The van der Waals surface area contributed by atoms with E-state index in [2.05, 4.69) is 4.90 Å². The third-order valence-electron chi connectivity index (χ3n) is 4.04. The van der Waals surface area contributed by atoms with Crippen LogP contribution in [0.3, 0.4) is 0 Å². The zero-order chi connectivity index (χ0) is 12.1. The minimum atomic E-state index is -0.238. The Hall–Kier alpha value is -0.610. The molecule has 2 aliphatic rings. The third kappa shape index (κ3) is 3.68. The largest absolute Gasteiger partial charge is 0.378 e. The molecule has 2 fully saturated rings. The lowest BCUT2D eigenvalue weighted by atomic mass is 9.98. The lowest BCUT2D eigenvalue weighted by molar-refractivity contribution is -0.129. The van der Waals surface area contributed by atoms with Crippen LogP contribution in [-0.4, -0.2) is 43.2 Å². The average molecular weight is 240 g/mol. The van der Waals surface area contributed by atoms with Gasteiger partial charge in [-0.05, 0) is 18.8 Å². The Bertz CT molecular complexity index is 250. The number of hydrogen-bond donors (Lipinski definition) is 1. The van der Waals surface area contributed by atoms with Crippen LogP contribution in [0.4, 0.5) is 0 Å². The number of nitrogens with zero attached hydrogens (tertiary/aromatic N) is 1. The van der Waals surface area contributed by atoms with Crippen molar-refractivity contribution in [3.8, 4) is 0 Å². The van der Waals surface area contributed by atoms with Gasteiger partial charge in [0.2, 0.25) is 5.91 Å². The molecule has 0 aromatic heterocycles. The van der Waals surface area contributed by atoms with Gasteiger partial charge in [-0.2, -0.15) is 0 Å². The monoisotopic (exact) mass is 240 g/mol. The smallest absolute Gasteiger partial charge is 0.237 e. The molecule has 0 radical (unpaired) electrons. The van der Waals surface area contributed by atoms with Crippen molar-refractivity contribution in [2.24, 2.45) is 11.7 Å². The molecule has 0 unspecified atom stereocenters. The van der Waals surface area contributed by atoms with Crippen molar-refractivity contribution in [3.63, 3.8) is 0 Å². The number of morpholine rings is 1. The summed E-state index contributed by atoms with van der Waals surface area (Å²) in [5.41, 5.74) is 5.43. The molecule has 1 heterocycles. The maximum absolute atomic E-state index is 11.4. The molecule has 0 bridgehead atoms. The van der Waals surface area contributed by atoms with Crippen LogP contribution in [0.15, 0.2) is 0 Å². The van der Waals surface area contributed by atoms with Gasteiger partial charge in [0.05, 0.1) is 13.2 Å². The Labute approximate surface area is 103 Å². The van der Waals surface area contributed by atoms with Gasteiger partial charge in [0.15, 0.2) is 0 Å². The van der Waals surface area contributed by atoms with E-state index in [1.807, 2.05) is 0 Å². The quantitative estimate of drug-likeness (QED) is 0.753. The predicted molar refractivity (Wildman–Crippen MR) is 66.6 cm³/mol. The van der Waals surface area contributed by atoms with Crippen LogP contribution in [0.25, 0.3) is 0 Å². The van der Waals surface area contributed by atoms with Gasteiger partial charge in [-0.25, -0.2) is 0 Å². The Morgan fingerprint density at radius 3 is 2.59 bits per heavy atom. The van der Waals surface area contributed by atoms with Gasteiger partial charge in [0.25, 0.3) is 0 Å². The molecule has 17 heavy (non-hydrogen) atoms. The van der Waals surface area contributed by atoms with Crippen LogP contribution in [-0.2, 0) is 9.53 Å². The molecule has 1 amide bonds. The zero-order valence-corrected chi connectivity index (χ0v) is 10.6. The maximum Gasteiger partial charge on any atom is 0.237 e. The summed E-state index contributed by atoms with van der Waals surface area (Å²) in [6.45, 7) is 3.08. The van der Waals surface area contributed by atoms with E-state index in [1.54, 1.807) is 0 Å². The van der Waals surface area contributed by atoms with Crippen LogP contribution in [0.1, 0.15) is 38.5 Å². The van der Waals surface area contributed by atoms with E-state index in [0.29, 0.717) is 6.61 Å². The van der Waals surface area contributed by atoms with Gasteiger partial charge in [-0.15, -0.1) is 0 Å². The van der Waals surface area contributed by atoms with E-state index in [9.17, 15) is 4.79 Å². The number of nitrogens with two attached hydrogens (primary N) is 1. The Balaban J connectivity index is 1.88. The third-order valence-corrected chi connectivity index (χ3v) is 4.04. The highest BCUT2D eigenvalue weighted by Crippen LogP contribution is 2.24. The minimum absolute atomic E-state index is 0.202. The van der Waals surface area contributed by atoms with Gasteiger partial charge >= 0.3 is 0 Å². The molecule has 1 saturated carbocycles. The molecule has 0 spiro atoms. The summed E-state index contributed by atoms with van der Waals surface area (Å²) in [5, 5.41) is 0. The van der Waals surface area contributed by atoms with Crippen molar-refractivity contribution < 1.29 is 9.53 Å². The SMILES string of the molecule is NC(=O)[C@@H]1COCCN1CC1CCCCCC1. The average Bonchev–Trinajstić information content (AvgIpc) is 2.58. The first-order chi connectivity index (χ1) is 8.27. The van der Waals surface area contributed by atoms with Crippen molar-refractivity contribution in [2.75, 3.05) is 26.3 Å². The first kappa shape index (κ1) is 12.8. The molecule has 1 aliphatic heterocycles. The number of rotatable bonds is 3. The van der Waals surface area contributed by atoms with Crippen molar-refractivity contribution in [2.45, 2.75) is 44.6 Å². The van der Waals surface area contributed by atoms with Crippen LogP contribution in [0.5, 0.6) is 0 Å². The topological polar surface area (TPSA) is 55.6 Å². The summed E-state index contributed by atoms with van der Waals surface area (Å²) in [4.78, 5) is 13.6. The summed E-state index contributed by atoms with van der Waals surface area (Å²) < 4.78 is 5.34. The molecule has 1 saturated heterocycles. The normalized spacial score (nSPS) is 28.8. The Kier molecular flexibility index (Phi) is 4.80. The molecule has 1 aliphatic carbocycles. The van der Waals surface area contributed by atoms with E-state index in [-0.39, 0.29) is 11.9 Å². The van der Waals surface area contributed by atoms with Gasteiger partial charge in [-0.1, -0.05) is 25.7 Å². The van der Waals surface area contributed by atoms with Crippen molar-refractivity contribution in [3.05, 3.63) is 0 Å². The van der Waals surface area contributed by atoms with E-state index >= 15 is 0 Å². The first-order valence-corrected chi connectivity index (χ1v) is 6.88. The number of ether oxygens (including phenoxy) is 1. The standard InChI is InChI=1S/C13H24N2O2/c14-13(16)12-10-17-8-7-15(12)9-11-5-3-1-2-4-6-11/h11-12H,1-10H2,(H2,14,16)/t12-/m0/s1. The Morgan fingerprint density at radius 1 is 1.24 bits per heavy atom. The highest BCUT2D eigenvalue weighted by atomic mass is 16.5. The summed E-state index contributed by atoms with van der Waals surface area (Å²) in [7, 11) is 0. The van der Waals surface area contributed by atoms with Crippen LogP contribution in [0.2, 0.25) is 0 Å². The van der Waals surface area contributed by atoms with Crippen LogP contribution >= 0.6 is 0 Å². The molecule has 0 aromatic rings. The number of hydrogen-bond acceptors (Lipinski definition) is 3. The second-order valence-electron chi connectivity index (χ2n) is 5.35. The molecule has 2 rings (SSSR count). The van der Waals surface area contributed by atoms with E-state index in [0.717, 1.165) is 25.6 Å². The van der Waals surface area contributed by atoms with Crippen molar-refractivity contribution in [1.29, 1.82) is 0 Å². The summed E-state index contributed by atoms with van der Waals surface area (Å²) >= 11 is 0. The van der Waals surface area contributed by atoms with Crippen LogP contribution in [0, 0.1) is 5.92 Å². The number of amides is 1. The minimum Gasteiger partial charge on any atom is -0.378 e. The molecular weight excluding hydrogens is 216 g/mol. The van der Waals surface area contributed by atoms with Crippen molar-refractivity contribution >= 4 is 5.91 Å². The summed E-state index contributed by atoms with van der Waals surface area (Å²) in [5.74, 6) is 0.510. The van der Waals surface area contributed by atoms with E-state index < -0.39 is 0 Å². The van der Waals surface area contributed by atoms with Crippen molar-refractivity contribution in [1.82, 2.24) is 4.90 Å². The number of primary amides is 1. The highest BCUT2D eigenvalue weighted by Gasteiger charge is 2.29. The molecule has 4 heteroatoms. The lowest BCUT2D eigenvalue weighted by Crippen LogP contribution is -2.53. The second-order valence-corrected chi connectivity index (χ2v) is 5.35. The molecule has 0 aromatic carbocycles. The number of carbonyl (C=O) groups is 1. The van der Waals surface area contributed by atoms with Gasteiger partial charge in [0.1, 0.15) is 6.04 Å². The first-order valence-electron chi connectivity index (χ1n) is 6.88. The molecule has 2 N–H and O–H groups in total. The summed E-state index contributed by atoms with van der Waals surface area (Å²) in [6.07, 6.45) is 8.05.